The zero-order valence-electron chi connectivity index (χ0n) is 11.0. The first-order valence-corrected chi connectivity index (χ1v) is 5.96. The molecule has 96 valence electrons. The molecule has 0 bridgehead atoms. The van der Waals surface area contributed by atoms with Crippen LogP contribution in [-0.2, 0) is 6.42 Å². The number of hydrogen-bond acceptors (Lipinski definition) is 4. The van der Waals surface area contributed by atoms with Crippen LogP contribution in [0.4, 0.5) is 0 Å². The van der Waals surface area contributed by atoms with Crippen LogP contribution in [0.15, 0.2) is 22.7 Å². The Hall–Kier alpha value is -1.81. The Kier molecular flexibility index (Phi) is 3.67. The van der Waals surface area contributed by atoms with Crippen LogP contribution in [-0.4, -0.2) is 18.6 Å². The highest BCUT2D eigenvalue weighted by Crippen LogP contribution is 2.31. The van der Waals surface area contributed by atoms with Gasteiger partial charge in [0.05, 0.1) is 13.3 Å². The largest absolute Gasteiger partial charge is 0.497 e. The number of oxazole rings is 1. The Morgan fingerprint density at radius 1 is 1.28 bits per heavy atom. The van der Waals surface area contributed by atoms with Gasteiger partial charge in [-0.2, -0.15) is 0 Å². The lowest BCUT2D eigenvalue weighted by atomic mass is 10.0. The van der Waals surface area contributed by atoms with E-state index in [2.05, 4.69) is 4.98 Å². The van der Waals surface area contributed by atoms with Crippen LogP contribution in [0.2, 0.25) is 0 Å². The first-order valence-electron chi connectivity index (χ1n) is 5.96. The van der Waals surface area contributed by atoms with E-state index in [1.54, 1.807) is 13.3 Å². The molecule has 2 aromatic rings. The summed E-state index contributed by atoms with van der Waals surface area (Å²) in [4.78, 5) is 4.23. The van der Waals surface area contributed by atoms with Crippen molar-refractivity contribution in [2.24, 2.45) is 5.73 Å². The fourth-order valence-electron chi connectivity index (χ4n) is 2.10. The van der Waals surface area contributed by atoms with Gasteiger partial charge in [-0.15, -0.1) is 0 Å². The van der Waals surface area contributed by atoms with Gasteiger partial charge >= 0.3 is 0 Å². The third-order valence-electron chi connectivity index (χ3n) is 2.90. The summed E-state index contributed by atoms with van der Waals surface area (Å²) >= 11 is 0. The fraction of sp³-hybridized carbons (Fsp3) is 0.357. The van der Waals surface area contributed by atoms with Gasteiger partial charge in [0.25, 0.3) is 0 Å². The topological polar surface area (TPSA) is 61.3 Å². The van der Waals surface area contributed by atoms with Crippen LogP contribution in [0, 0.1) is 13.8 Å². The Morgan fingerprint density at radius 3 is 2.50 bits per heavy atom. The Labute approximate surface area is 107 Å². The highest BCUT2D eigenvalue weighted by molar-refractivity contribution is 5.67. The molecule has 1 aromatic heterocycles. The molecule has 0 fully saturated rings. The second-order valence-corrected chi connectivity index (χ2v) is 4.29. The van der Waals surface area contributed by atoms with Crippen molar-refractivity contribution in [3.05, 3.63) is 35.3 Å². The van der Waals surface area contributed by atoms with Crippen molar-refractivity contribution in [1.82, 2.24) is 4.98 Å². The lowest BCUT2D eigenvalue weighted by Gasteiger charge is -2.09. The van der Waals surface area contributed by atoms with E-state index in [9.17, 15) is 0 Å². The Balaban J connectivity index is 2.43. The quantitative estimate of drug-likeness (QED) is 0.900. The molecule has 0 radical (unpaired) electrons. The van der Waals surface area contributed by atoms with Crippen LogP contribution < -0.4 is 10.5 Å². The van der Waals surface area contributed by atoms with E-state index in [0.29, 0.717) is 18.9 Å². The summed E-state index contributed by atoms with van der Waals surface area (Å²) in [5.41, 5.74) is 8.79. The SMILES string of the molecule is COc1cc(C)c(-c2cnc(CCN)o2)c(C)c1. The molecule has 4 heteroatoms. The zero-order valence-corrected chi connectivity index (χ0v) is 11.0. The third kappa shape index (κ3) is 2.38. The van der Waals surface area contributed by atoms with Gasteiger partial charge in [-0.25, -0.2) is 4.98 Å². The number of ether oxygens (including phenoxy) is 1. The van der Waals surface area contributed by atoms with Crippen molar-refractivity contribution in [3.8, 4) is 17.1 Å². The molecule has 2 rings (SSSR count). The van der Waals surface area contributed by atoms with Gasteiger partial charge in [0.1, 0.15) is 5.75 Å². The molecule has 0 unspecified atom stereocenters. The van der Waals surface area contributed by atoms with Crippen LogP contribution in [0.5, 0.6) is 5.75 Å². The van der Waals surface area contributed by atoms with E-state index < -0.39 is 0 Å². The lowest BCUT2D eigenvalue weighted by molar-refractivity contribution is 0.414. The summed E-state index contributed by atoms with van der Waals surface area (Å²) in [6.07, 6.45) is 2.42. The molecule has 0 spiro atoms. The summed E-state index contributed by atoms with van der Waals surface area (Å²) in [6, 6.07) is 3.99. The van der Waals surface area contributed by atoms with Crippen molar-refractivity contribution in [3.63, 3.8) is 0 Å². The van der Waals surface area contributed by atoms with Crippen LogP contribution >= 0.6 is 0 Å². The van der Waals surface area contributed by atoms with E-state index in [-0.39, 0.29) is 0 Å². The summed E-state index contributed by atoms with van der Waals surface area (Å²) < 4.78 is 11.0. The molecular formula is C14H18N2O2. The molecule has 18 heavy (non-hydrogen) atoms. The van der Waals surface area contributed by atoms with Crippen molar-refractivity contribution in [2.45, 2.75) is 20.3 Å². The molecule has 0 aliphatic rings. The molecule has 2 N–H and O–H groups in total. The molecule has 0 aliphatic heterocycles. The molecule has 0 aliphatic carbocycles. The average molecular weight is 246 g/mol. The van der Waals surface area contributed by atoms with Crippen molar-refractivity contribution >= 4 is 0 Å². The number of aryl methyl sites for hydroxylation is 2. The highest BCUT2D eigenvalue weighted by atomic mass is 16.5. The number of nitrogens with zero attached hydrogens (tertiary/aromatic N) is 1. The van der Waals surface area contributed by atoms with Gasteiger partial charge < -0.3 is 14.9 Å². The van der Waals surface area contributed by atoms with Crippen LogP contribution in [0.25, 0.3) is 11.3 Å². The van der Waals surface area contributed by atoms with E-state index >= 15 is 0 Å². The normalized spacial score (nSPS) is 10.7. The van der Waals surface area contributed by atoms with Gasteiger partial charge in [-0.05, 0) is 37.1 Å². The lowest BCUT2D eigenvalue weighted by Crippen LogP contribution is -2.02. The molecule has 0 atom stereocenters. The molecule has 0 saturated heterocycles. The van der Waals surface area contributed by atoms with Crippen LogP contribution in [0.1, 0.15) is 17.0 Å². The fourth-order valence-corrected chi connectivity index (χ4v) is 2.10. The smallest absolute Gasteiger partial charge is 0.196 e. The predicted octanol–water partition coefficient (Wildman–Crippen LogP) is 2.47. The first-order chi connectivity index (χ1) is 8.65. The number of benzene rings is 1. The predicted molar refractivity (Wildman–Crippen MR) is 70.7 cm³/mol. The van der Waals surface area contributed by atoms with E-state index in [1.807, 2.05) is 26.0 Å². The van der Waals surface area contributed by atoms with Crippen molar-refractivity contribution in [1.29, 1.82) is 0 Å². The average Bonchev–Trinajstić information content (AvgIpc) is 2.77. The van der Waals surface area contributed by atoms with Gasteiger partial charge in [0.2, 0.25) is 0 Å². The van der Waals surface area contributed by atoms with Gasteiger partial charge in [-0.1, -0.05) is 0 Å². The van der Waals surface area contributed by atoms with Gasteiger partial charge in [0, 0.05) is 18.5 Å². The number of methoxy groups -OCH3 is 1. The minimum absolute atomic E-state index is 0.542. The molecule has 0 saturated carbocycles. The maximum Gasteiger partial charge on any atom is 0.196 e. The molecule has 4 nitrogen and oxygen atoms in total. The summed E-state index contributed by atoms with van der Waals surface area (Å²) in [6.45, 7) is 4.62. The molecular weight excluding hydrogens is 228 g/mol. The van der Waals surface area contributed by atoms with E-state index in [1.165, 1.54) is 0 Å². The monoisotopic (exact) mass is 246 g/mol. The molecule has 1 heterocycles. The Bertz CT molecular complexity index is 523. The minimum atomic E-state index is 0.542. The second kappa shape index (κ2) is 5.23. The maximum atomic E-state index is 5.71. The summed E-state index contributed by atoms with van der Waals surface area (Å²) in [5.74, 6) is 2.33. The van der Waals surface area contributed by atoms with Crippen LogP contribution in [0.3, 0.4) is 0 Å². The Morgan fingerprint density at radius 2 is 1.94 bits per heavy atom. The summed E-state index contributed by atoms with van der Waals surface area (Å²) in [5, 5.41) is 0. The third-order valence-corrected chi connectivity index (χ3v) is 2.90. The van der Waals surface area contributed by atoms with E-state index in [4.69, 9.17) is 14.9 Å². The maximum absolute atomic E-state index is 5.71. The molecule has 1 aromatic carbocycles. The van der Waals surface area contributed by atoms with Crippen molar-refractivity contribution < 1.29 is 9.15 Å². The molecule has 0 amide bonds. The van der Waals surface area contributed by atoms with Crippen molar-refractivity contribution in [2.75, 3.05) is 13.7 Å². The zero-order chi connectivity index (χ0) is 13.1. The van der Waals surface area contributed by atoms with E-state index in [0.717, 1.165) is 28.2 Å². The number of rotatable bonds is 4. The minimum Gasteiger partial charge on any atom is -0.497 e. The number of nitrogens with two attached hydrogens (primary N) is 1. The first kappa shape index (κ1) is 12.6. The highest BCUT2D eigenvalue weighted by Gasteiger charge is 2.12. The van der Waals surface area contributed by atoms with Gasteiger partial charge in [0.15, 0.2) is 11.7 Å². The number of hydrogen-bond donors (Lipinski definition) is 1. The number of aromatic nitrogens is 1. The summed E-state index contributed by atoms with van der Waals surface area (Å²) in [7, 11) is 1.67. The van der Waals surface area contributed by atoms with Gasteiger partial charge in [-0.3, -0.25) is 0 Å². The second-order valence-electron chi connectivity index (χ2n) is 4.29. The standard InChI is InChI=1S/C14H18N2O2/c1-9-6-11(17-3)7-10(2)14(9)12-8-16-13(18-12)4-5-15/h6-8H,4-5,15H2,1-3H3.